The van der Waals surface area contributed by atoms with Crippen LogP contribution in [0.1, 0.15) is 51.9 Å². The van der Waals surface area contributed by atoms with Crippen molar-refractivity contribution in [2.45, 2.75) is 24.7 Å². The highest BCUT2D eigenvalue weighted by atomic mass is 16.4. The summed E-state index contributed by atoms with van der Waals surface area (Å²) in [4.78, 5) is 53.9. The van der Waals surface area contributed by atoms with Crippen LogP contribution in [0.2, 0.25) is 0 Å². The molecule has 0 saturated carbocycles. The topological polar surface area (TPSA) is 145 Å². The number of benzene rings is 1. The molecule has 9 nitrogen and oxygen atoms in total. The average Bonchev–Trinajstić information content (AvgIpc) is 3.27. The van der Waals surface area contributed by atoms with Crippen LogP contribution in [0.25, 0.3) is 0 Å². The van der Waals surface area contributed by atoms with Crippen LogP contribution in [0.5, 0.6) is 0 Å². The molecule has 0 fully saturated rings. The van der Waals surface area contributed by atoms with Crippen molar-refractivity contribution in [2.75, 3.05) is 5.32 Å². The number of hydrogen-bond acceptors (Lipinski definition) is 6. The van der Waals surface area contributed by atoms with Gasteiger partial charge in [-0.1, -0.05) is 12.1 Å². The van der Waals surface area contributed by atoms with Gasteiger partial charge in [0.25, 0.3) is 5.56 Å². The smallest absolute Gasteiger partial charge is 0.335 e. The van der Waals surface area contributed by atoms with Crippen molar-refractivity contribution >= 4 is 17.6 Å². The van der Waals surface area contributed by atoms with E-state index in [0.717, 1.165) is 0 Å². The maximum atomic E-state index is 13.3. The van der Waals surface area contributed by atoms with E-state index in [0.29, 0.717) is 29.0 Å². The summed E-state index contributed by atoms with van der Waals surface area (Å²) in [6.07, 6.45) is 2.23. The van der Waals surface area contributed by atoms with Crippen molar-refractivity contribution in [2.24, 2.45) is 0 Å². The van der Waals surface area contributed by atoms with Gasteiger partial charge < -0.3 is 14.8 Å². The van der Waals surface area contributed by atoms with Crippen molar-refractivity contribution in [3.63, 3.8) is 0 Å². The Kier molecular flexibility index (Phi) is 4.25. The number of carbonyl (C=O) groups is 2. The number of aromatic carboxylic acids is 1. The molecule has 0 bridgehead atoms. The summed E-state index contributed by atoms with van der Waals surface area (Å²) < 4.78 is 5.48. The summed E-state index contributed by atoms with van der Waals surface area (Å²) in [6, 6.07) is 9.61. The van der Waals surface area contributed by atoms with Gasteiger partial charge in [0.15, 0.2) is 5.78 Å². The van der Waals surface area contributed by atoms with Gasteiger partial charge in [-0.2, -0.15) is 0 Å². The molecule has 0 spiro atoms. The zero-order chi connectivity index (χ0) is 21.7. The van der Waals surface area contributed by atoms with E-state index in [9.17, 15) is 24.3 Å². The number of allylic oxidation sites excluding steroid dienone is 2. The Hall–Kier alpha value is -4.14. The number of aromatic amines is 2. The molecule has 1 aliphatic carbocycles. The molecule has 9 heteroatoms. The van der Waals surface area contributed by atoms with Gasteiger partial charge in [-0.25, -0.2) is 9.59 Å². The normalized spacial score (nSPS) is 20.1. The molecular formula is C22H17N3O6. The molecule has 31 heavy (non-hydrogen) atoms. The molecule has 2 aromatic heterocycles. The minimum absolute atomic E-state index is 0.0929. The number of aromatic nitrogens is 2. The number of nitrogens with one attached hydrogen (secondary N) is 3. The van der Waals surface area contributed by atoms with Crippen LogP contribution in [-0.4, -0.2) is 26.8 Å². The van der Waals surface area contributed by atoms with Gasteiger partial charge in [0, 0.05) is 29.5 Å². The van der Waals surface area contributed by atoms with Crippen molar-refractivity contribution in [1.29, 1.82) is 0 Å². The minimum Gasteiger partial charge on any atom is -0.478 e. The number of furan rings is 1. The number of rotatable bonds is 3. The van der Waals surface area contributed by atoms with Crippen molar-refractivity contribution in [3.8, 4) is 0 Å². The third-order valence-corrected chi connectivity index (χ3v) is 5.78. The van der Waals surface area contributed by atoms with Gasteiger partial charge in [-0.3, -0.25) is 19.6 Å². The molecule has 2 aliphatic rings. The van der Waals surface area contributed by atoms with Crippen LogP contribution in [0.15, 0.2) is 67.9 Å². The average molecular weight is 419 g/mol. The Labute approximate surface area is 174 Å². The molecular weight excluding hydrogens is 402 g/mol. The molecule has 4 N–H and O–H groups in total. The number of Topliss-reactive ketones (excluding diaryl/α,β-unsaturated/α-hetero) is 1. The first-order chi connectivity index (χ1) is 14.9. The lowest BCUT2D eigenvalue weighted by atomic mass is 9.73. The van der Waals surface area contributed by atoms with E-state index in [-0.39, 0.29) is 35.1 Å². The number of H-pyrrole nitrogens is 2. The first kappa shape index (κ1) is 18.9. The summed E-state index contributed by atoms with van der Waals surface area (Å²) in [5, 5.41) is 12.3. The predicted molar refractivity (Wildman–Crippen MR) is 109 cm³/mol. The second-order valence-corrected chi connectivity index (χ2v) is 7.62. The van der Waals surface area contributed by atoms with E-state index in [1.54, 1.807) is 24.5 Å². The Balaban J connectivity index is 1.68. The number of carbonyl (C=O) groups excluding carboxylic acids is 1. The summed E-state index contributed by atoms with van der Waals surface area (Å²) >= 11 is 0. The Morgan fingerprint density at radius 3 is 2.48 bits per heavy atom. The highest BCUT2D eigenvalue weighted by Gasteiger charge is 2.40. The molecule has 0 radical (unpaired) electrons. The molecule has 1 aliphatic heterocycles. The second-order valence-electron chi connectivity index (χ2n) is 7.62. The Bertz CT molecular complexity index is 1350. The lowest BCUT2D eigenvalue weighted by molar-refractivity contribution is -0.116. The number of anilines is 1. The summed E-state index contributed by atoms with van der Waals surface area (Å²) in [7, 11) is 0. The third-order valence-electron chi connectivity index (χ3n) is 5.78. The van der Waals surface area contributed by atoms with Gasteiger partial charge in [-0.05, 0) is 36.2 Å². The van der Waals surface area contributed by atoms with Gasteiger partial charge in [0.2, 0.25) is 0 Å². The van der Waals surface area contributed by atoms with Crippen molar-refractivity contribution < 1.29 is 19.1 Å². The Morgan fingerprint density at radius 1 is 1.03 bits per heavy atom. The number of carboxylic acids is 1. The zero-order valence-electron chi connectivity index (χ0n) is 16.1. The van der Waals surface area contributed by atoms with E-state index >= 15 is 0 Å². The fraction of sp³-hybridized carbons (Fsp3) is 0.182. The van der Waals surface area contributed by atoms with Crippen LogP contribution in [0.3, 0.4) is 0 Å². The van der Waals surface area contributed by atoms with Crippen molar-refractivity contribution in [3.05, 3.63) is 97.2 Å². The first-order valence-electron chi connectivity index (χ1n) is 9.68. The lowest BCUT2D eigenvalue weighted by Gasteiger charge is -2.35. The summed E-state index contributed by atoms with van der Waals surface area (Å²) in [5.74, 6) is -1.20. The number of carboxylic acid groups (broad SMARTS) is 1. The highest BCUT2D eigenvalue weighted by Crippen LogP contribution is 2.46. The SMILES string of the molecule is O=C1C[C@H](c2ccco2)CC2=C1[C@@H](c1ccc(C(=O)O)cc1)c1c([nH]c(=O)[nH]c1=O)N2. The third kappa shape index (κ3) is 3.10. The van der Waals surface area contributed by atoms with Crippen LogP contribution in [0.4, 0.5) is 5.82 Å². The first-order valence-corrected chi connectivity index (χ1v) is 9.68. The van der Waals surface area contributed by atoms with Gasteiger partial charge in [-0.15, -0.1) is 0 Å². The van der Waals surface area contributed by atoms with E-state index in [1.165, 1.54) is 12.1 Å². The molecule has 156 valence electrons. The van der Waals surface area contributed by atoms with E-state index < -0.39 is 23.1 Å². The molecule has 0 unspecified atom stereocenters. The Morgan fingerprint density at radius 2 is 1.81 bits per heavy atom. The quantitative estimate of drug-likeness (QED) is 0.510. The monoisotopic (exact) mass is 419 g/mol. The van der Waals surface area contributed by atoms with Gasteiger partial charge >= 0.3 is 11.7 Å². The maximum absolute atomic E-state index is 13.3. The van der Waals surface area contributed by atoms with E-state index in [4.69, 9.17) is 4.42 Å². The highest BCUT2D eigenvalue weighted by molar-refractivity contribution is 6.01. The maximum Gasteiger partial charge on any atom is 0.335 e. The molecule has 2 atom stereocenters. The van der Waals surface area contributed by atoms with Gasteiger partial charge in [0.1, 0.15) is 11.6 Å². The number of hydrogen-bond donors (Lipinski definition) is 4. The zero-order valence-corrected chi connectivity index (χ0v) is 16.1. The van der Waals surface area contributed by atoms with Gasteiger partial charge in [0.05, 0.1) is 17.4 Å². The van der Waals surface area contributed by atoms with Crippen LogP contribution in [0, 0.1) is 0 Å². The fourth-order valence-corrected chi connectivity index (χ4v) is 4.43. The summed E-state index contributed by atoms with van der Waals surface area (Å²) in [5.41, 5.74) is 0.676. The van der Waals surface area contributed by atoms with Crippen LogP contribution in [-0.2, 0) is 4.79 Å². The number of fused-ring (bicyclic) bond motifs is 1. The van der Waals surface area contributed by atoms with E-state index in [2.05, 4.69) is 15.3 Å². The standard InChI is InChI=1S/C22H17N3O6/c26-14-9-12(15-2-1-7-31-15)8-13-17(14)16(10-3-5-11(6-4-10)21(28)29)18-19(23-13)24-22(30)25-20(18)27/h1-7,12,16H,8-9H2,(H,28,29)(H3,23,24,25,27,30)/t12-,16-/m1/s1. The molecule has 3 heterocycles. The minimum atomic E-state index is -1.07. The lowest BCUT2D eigenvalue weighted by Crippen LogP contribution is -2.37. The molecule has 0 saturated heterocycles. The van der Waals surface area contributed by atoms with E-state index in [1.807, 2.05) is 6.07 Å². The molecule has 3 aromatic rings. The largest absolute Gasteiger partial charge is 0.478 e. The van der Waals surface area contributed by atoms with Crippen LogP contribution >= 0.6 is 0 Å². The molecule has 1 aromatic carbocycles. The molecule has 5 rings (SSSR count). The van der Waals surface area contributed by atoms with Crippen LogP contribution < -0.4 is 16.6 Å². The summed E-state index contributed by atoms with van der Waals surface area (Å²) in [6.45, 7) is 0. The number of ketones is 1. The second kappa shape index (κ2) is 6.98. The fourth-order valence-electron chi connectivity index (χ4n) is 4.43. The predicted octanol–water partition coefficient (Wildman–Crippen LogP) is 2.31. The molecule has 0 amide bonds. The van der Waals surface area contributed by atoms with Crippen molar-refractivity contribution in [1.82, 2.24) is 9.97 Å².